The summed E-state index contributed by atoms with van der Waals surface area (Å²) in [5, 5.41) is 3.11. The summed E-state index contributed by atoms with van der Waals surface area (Å²) in [6.45, 7) is 6.82. The number of piperidine rings is 1. The van der Waals surface area contributed by atoms with E-state index in [9.17, 15) is 9.59 Å². The van der Waals surface area contributed by atoms with Gasteiger partial charge in [0.1, 0.15) is 0 Å². The average molecular weight is 493 g/mol. The summed E-state index contributed by atoms with van der Waals surface area (Å²) < 4.78 is 1.83. The molecule has 0 saturated carbocycles. The molecular formula is C28H36N4O2S. The summed E-state index contributed by atoms with van der Waals surface area (Å²) in [6.07, 6.45) is 3.68. The number of nitrogens with one attached hydrogen (secondary N) is 1. The lowest BCUT2D eigenvalue weighted by molar-refractivity contribution is -0.125. The van der Waals surface area contributed by atoms with Gasteiger partial charge in [0.25, 0.3) is 5.56 Å². The number of aromatic nitrogens is 2. The fourth-order valence-corrected chi connectivity index (χ4v) is 5.39. The van der Waals surface area contributed by atoms with Crippen molar-refractivity contribution in [2.45, 2.75) is 46.1 Å². The highest BCUT2D eigenvalue weighted by Gasteiger charge is 2.27. The van der Waals surface area contributed by atoms with Crippen LogP contribution in [0.1, 0.15) is 43.7 Å². The van der Waals surface area contributed by atoms with Crippen LogP contribution in [-0.4, -0.2) is 46.6 Å². The minimum absolute atomic E-state index is 0.00443. The first-order valence-electron chi connectivity index (χ1n) is 12.7. The summed E-state index contributed by atoms with van der Waals surface area (Å²) in [5.41, 5.74) is 3.87. The van der Waals surface area contributed by atoms with Gasteiger partial charge in [-0.2, -0.15) is 11.8 Å². The van der Waals surface area contributed by atoms with E-state index in [4.69, 9.17) is 4.98 Å². The fraction of sp³-hybridized carbons (Fsp3) is 0.464. The largest absolute Gasteiger partial charge is 0.356 e. The van der Waals surface area contributed by atoms with Crippen molar-refractivity contribution < 1.29 is 4.79 Å². The monoisotopic (exact) mass is 492 g/mol. The molecule has 0 aliphatic carbocycles. The summed E-state index contributed by atoms with van der Waals surface area (Å²) in [5.74, 6) is 2.91. The lowest BCUT2D eigenvalue weighted by Crippen LogP contribution is -2.43. The number of rotatable bonds is 10. The minimum atomic E-state index is -0.0724. The summed E-state index contributed by atoms with van der Waals surface area (Å²) in [4.78, 5) is 33.1. The van der Waals surface area contributed by atoms with E-state index in [0.29, 0.717) is 25.5 Å². The molecule has 0 unspecified atom stereocenters. The quantitative estimate of drug-likeness (QED) is 0.419. The lowest BCUT2D eigenvalue weighted by Gasteiger charge is -2.32. The van der Waals surface area contributed by atoms with Crippen LogP contribution in [-0.2, 0) is 11.3 Å². The Bertz CT molecular complexity index is 1180. The summed E-state index contributed by atoms with van der Waals surface area (Å²) in [6, 6.07) is 16.1. The van der Waals surface area contributed by atoms with Crippen molar-refractivity contribution in [1.29, 1.82) is 0 Å². The Balaban J connectivity index is 1.44. The van der Waals surface area contributed by atoms with E-state index in [0.717, 1.165) is 48.2 Å². The van der Waals surface area contributed by atoms with Gasteiger partial charge in [-0.3, -0.25) is 14.2 Å². The highest BCUT2D eigenvalue weighted by atomic mass is 32.2. The van der Waals surface area contributed by atoms with Gasteiger partial charge in [-0.15, -0.1) is 0 Å². The van der Waals surface area contributed by atoms with E-state index in [-0.39, 0.29) is 17.4 Å². The Labute approximate surface area is 212 Å². The molecule has 7 heteroatoms. The number of thioether (sulfide) groups is 1. The third kappa shape index (κ3) is 6.45. The van der Waals surface area contributed by atoms with Gasteiger partial charge >= 0.3 is 0 Å². The van der Waals surface area contributed by atoms with Crippen LogP contribution in [0.4, 0.5) is 5.82 Å². The predicted octanol–water partition coefficient (Wildman–Crippen LogP) is 4.62. The summed E-state index contributed by atoms with van der Waals surface area (Å²) >= 11 is 1.95. The average Bonchev–Trinajstić information content (AvgIpc) is 2.89. The zero-order valence-electron chi connectivity index (χ0n) is 20.8. The van der Waals surface area contributed by atoms with Crippen molar-refractivity contribution in [1.82, 2.24) is 14.9 Å². The van der Waals surface area contributed by atoms with Crippen molar-refractivity contribution in [3.8, 4) is 0 Å². The maximum atomic E-state index is 13.6. The molecule has 1 aliphatic heterocycles. The van der Waals surface area contributed by atoms with Gasteiger partial charge in [-0.25, -0.2) is 4.98 Å². The van der Waals surface area contributed by atoms with Crippen LogP contribution < -0.4 is 15.8 Å². The zero-order valence-corrected chi connectivity index (χ0v) is 21.7. The highest BCUT2D eigenvalue weighted by Crippen LogP contribution is 2.22. The number of hydrogen-bond acceptors (Lipinski definition) is 5. The number of anilines is 1. The summed E-state index contributed by atoms with van der Waals surface area (Å²) in [7, 11) is 0. The van der Waals surface area contributed by atoms with Gasteiger partial charge < -0.3 is 10.2 Å². The van der Waals surface area contributed by atoms with E-state index >= 15 is 0 Å². The standard InChI is InChI=1S/C28H36N4O2S/c1-3-18-35-19-6-15-29-27(33)23-13-16-31(17-14-23)26-28(34)32(20-22-11-9-21(2)10-12-22)25-8-5-4-7-24(25)30-26/h4-5,7-12,23H,3,6,13-20H2,1-2H3,(H,29,33). The number of fused-ring (bicyclic) bond motifs is 1. The second-order valence-corrected chi connectivity index (χ2v) is 10.5. The normalized spacial score (nSPS) is 14.4. The first-order valence-corrected chi connectivity index (χ1v) is 13.9. The molecule has 35 heavy (non-hydrogen) atoms. The molecular weight excluding hydrogens is 456 g/mol. The second-order valence-electron chi connectivity index (χ2n) is 9.32. The van der Waals surface area contributed by atoms with Crippen molar-refractivity contribution in [2.24, 2.45) is 5.92 Å². The molecule has 1 fully saturated rings. The molecule has 0 atom stereocenters. The molecule has 1 aliphatic rings. The van der Waals surface area contributed by atoms with E-state index in [1.807, 2.05) is 40.6 Å². The maximum absolute atomic E-state index is 13.6. The number of amides is 1. The number of benzene rings is 2. The molecule has 2 aromatic carbocycles. The third-order valence-corrected chi connectivity index (χ3v) is 7.85. The van der Waals surface area contributed by atoms with E-state index < -0.39 is 0 Å². The van der Waals surface area contributed by atoms with Crippen LogP contribution in [0.2, 0.25) is 0 Å². The van der Waals surface area contributed by atoms with Crippen molar-refractivity contribution in [2.75, 3.05) is 36.0 Å². The first kappa shape index (κ1) is 25.3. The number of aryl methyl sites for hydroxylation is 1. The molecule has 6 nitrogen and oxygen atoms in total. The molecule has 186 valence electrons. The molecule has 0 radical (unpaired) electrons. The molecule has 1 aromatic heterocycles. The maximum Gasteiger partial charge on any atom is 0.294 e. The molecule has 2 heterocycles. The Morgan fingerprint density at radius 2 is 1.83 bits per heavy atom. The van der Waals surface area contributed by atoms with Gasteiger partial charge in [0.2, 0.25) is 5.91 Å². The predicted molar refractivity (Wildman–Crippen MR) is 146 cm³/mol. The van der Waals surface area contributed by atoms with Crippen molar-refractivity contribution in [3.63, 3.8) is 0 Å². The molecule has 0 bridgehead atoms. The van der Waals surface area contributed by atoms with Gasteiger partial charge in [0.15, 0.2) is 5.82 Å². The first-order chi connectivity index (χ1) is 17.1. The van der Waals surface area contributed by atoms with Crippen LogP contribution in [0.3, 0.4) is 0 Å². The van der Waals surface area contributed by atoms with Crippen LogP contribution >= 0.6 is 11.8 Å². The minimum Gasteiger partial charge on any atom is -0.356 e. The Kier molecular flexibility index (Phi) is 8.85. The third-order valence-electron chi connectivity index (χ3n) is 6.58. The Hall–Kier alpha value is -2.80. The number of hydrogen-bond donors (Lipinski definition) is 1. The highest BCUT2D eigenvalue weighted by molar-refractivity contribution is 7.99. The van der Waals surface area contributed by atoms with Gasteiger partial charge in [0.05, 0.1) is 17.6 Å². The topological polar surface area (TPSA) is 67.2 Å². The van der Waals surface area contributed by atoms with Crippen LogP contribution in [0.15, 0.2) is 53.3 Å². The number of carbonyl (C=O) groups excluding carboxylic acids is 1. The smallest absolute Gasteiger partial charge is 0.294 e. The van der Waals surface area contributed by atoms with Crippen molar-refractivity contribution >= 4 is 34.5 Å². The molecule has 1 N–H and O–H groups in total. The van der Waals surface area contributed by atoms with Crippen LogP contribution in [0.25, 0.3) is 11.0 Å². The fourth-order valence-electron chi connectivity index (χ4n) is 4.55. The van der Waals surface area contributed by atoms with Crippen LogP contribution in [0.5, 0.6) is 0 Å². The SMILES string of the molecule is CCCSCCCNC(=O)C1CCN(c2nc3ccccc3n(Cc3ccc(C)cc3)c2=O)CC1. The zero-order chi connectivity index (χ0) is 24.6. The number of carbonyl (C=O) groups is 1. The molecule has 1 amide bonds. The molecule has 4 rings (SSSR count). The second kappa shape index (κ2) is 12.2. The van der Waals surface area contributed by atoms with Gasteiger partial charge in [-0.05, 0) is 61.8 Å². The Morgan fingerprint density at radius 3 is 2.57 bits per heavy atom. The lowest BCUT2D eigenvalue weighted by atomic mass is 9.96. The van der Waals surface area contributed by atoms with E-state index in [2.05, 4.69) is 48.3 Å². The molecule has 1 saturated heterocycles. The van der Waals surface area contributed by atoms with Crippen molar-refractivity contribution in [3.05, 3.63) is 70.0 Å². The van der Waals surface area contributed by atoms with Gasteiger partial charge in [-0.1, -0.05) is 48.9 Å². The van der Waals surface area contributed by atoms with E-state index in [1.54, 1.807) is 0 Å². The van der Waals surface area contributed by atoms with Gasteiger partial charge in [0, 0.05) is 25.6 Å². The van der Waals surface area contributed by atoms with E-state index in [1.165, 1.54) is 17.7 Å². The number of nitrogens with zero attached hydrogens (tertiary/aromatic N) is 3. The molecule has 3 aromatic rings. The Morgan fingerprint density at radius 1 is 1.09 bits per heavy atom. The number of para-hydroxylation sites is 2. The van der Waals surface area contributed by atoms with Crippen LogP contribution in [0, 0.1) is 12.8 Å². The molecule has 0 spiro atoms.